The molecule has 2 atom stereocenters. The van der Waals surface area contributed by atoms with Crippen LogP contribution in [0.5, 0.6) is 5.75 Å². The van der Waals surface area contributed by atoms with Crippen LogP contribution in [0, 0.1) is 6.92 Å². The molecule has 0 bridgehead atoms. The van der Waals surface area contributed by atoms with Crippen molar-refractivity contribution in [3.05, 3.63) is 23.3 Å². The second kappa shape index (κ2) is 5.53. The van der Waals surface area contributed by atoms with Crippen molar-refractivity contribution >= 4 is 5.69 Å². The van der Waals surface area contributed by atoms with Crippen LogP contribution in [0.25, 0.3) is 0 Å². The predicted molar refractivity (Wildman–Crippen MR) is 87.9 cm³/mol. The highest BCUT2D eigenvalue weighted by molar-refractivity contribution is 5.57. The first-order chi connectivity index (χ1) is 9.95. The summed E-state index contributed by atoms with van der Waals surface area (Å²) in [4.78, 5) is 2.49. The van der Waals surface area contributed by atoms with E-state index >= 15 is 0 Å². The van der Waals surface area contributed by atoms with Gasteiger partial charge in [-0.3, -0.25) is 0 Å². The van der Waals surface area contributed by atoms with Gasteiger partial charge >= 0.3 is 0 Å². The van der Waals surface area contributed by atoms with Crippen LogP contribution in [0.4, 0.5) is 5.69 Å². The highest BCUT2D eigenvalue weighted by Gasteiger charge is 2.31. The van der Waals surface area contributed by atoms with Crippen LogP contribution < -0.4 is 10.5 Å². The first kappa shape index (κ1) is 14.7. The summed E-state index contributed by atoms with van der Waals surface area (Å²) in [5.41, 5.74) is 9.67. The normalized spacial score (nSPS) is 30.4. The maximum absolute atomic E-state index is 6.14. The van der Waals surface area contributed by atoms with Gasteiger partial charge < -0.3 is 15.4 Å². The van der Waals surface area contributed by atoms with Gasteiger partial charge in [0.25, 0.3) is 0 Å². The van der Waals surface area contributed by atoms with Gasteiger partial charge in [0.05, 0.1) is 11.8 Å². The van der Waals surface area contributed by atoms with Crippen LogP contribution >= 0.6 is 0 Å². The second-order valence-corrected chi connectivity index (χ2v) is 7.10. The maximum Gasteiger partial charge on any atom is 0.142 e. The average Bonchev–Trinajstić information content (AvgIpc) is 3.22. The molecule has 3 heteroatoms. The number of hydrogen-bond donors (Lipinski definition) is 1. The van der Waals surface area contributed by atoms with Gasteiger partial charge in [-0.25, -0.2) is 0 Å². The summed E-state index contributed by atoms with van der Waals surface area (Å²) in [6.45, 7) is 6.84. The Bertz CT molecular complexity index is 512. The lowest BCUT2D eigenvalue weighted by atomic mass is 9.81. The monoisotopic (exact) mass is 288 g/mol. The standard InChI is InChI=1S/C18H28N2O/c1-11-7-17(19)18(21-15-5-6-15)10-16(11)14-8-12(2)20(4)13(3)9-14/h7,10,12-15H,5-6,8-9,19H2,1-4H3. The Morgan fingerprint density at radius 1 is 1.14 bits per heavy atom. The van der Waals surface area contributed by atoms with Gasteiger partial charge in [-0.1, -0.05) is 0 Å². The van der Waals surface area contributed by atoms with Gasteiger partial charge in [0, 0.05) is 12.1 Å². The smallest absolute Gasteiger partial charge is 0.142 e. The maximum atomic E-state index is 6.14. The number of nitrogens with two attached hydrogens (primary N) is 1. The third kappa shape index (κ3) is 3.03. The molecule has 1 aromatic rings. The summed E-state index contributed by atoms with van der Waals surface area (Å²) < 4.78 is 5.98. The molecule has 116 valence electrons. The second-order valence-electron chi connectivity index (χ2n) is 7.10. The molecule has 1 aliphatic heterocycles. The van der Waals surface area contributed by atoms with Crippen LogP contribution in [0.2, 0.25) is 0 Å². The highest BCUT2D eigenvalue weighted by atomic mass is 16.5. The van der Waals surface area contributed by atoms with E-state index in [9.17, 15) is 0 Å². The molecule has 0 amide bonds. The van der Waals surface area contributed by atoms with E-state index in [1.165, 1.54) is 36.8 Å². The van der Waals surface area contributed by atoms with Crippen LogP contribution in [0.15, 0.2) is 12.1 Å². The van der Waals surface area contributed by atoms with Crippen LogP contribution in [0.1, 0.15) is 56.6 Å². The minimum Gasteiger partial charge on any atom is -0.488 e. The van der Waals surface area contributed by atoms with Gasteiger partial charge in [-0.15, -0.1) is 0 Å². The molecule has 1 heterocycles. The number of rotatable bonds is 3. The number of ether oxygens (including phenoxy) is 1. The van der Waals surface area contributed by atoms with Crippen molar-refractivity contribution in [2.45, 2.75) is 70.6 Å². The topological polar surface area (TPSA) is 38.5 Å². The summed E-state index contributed by atoms with van der Waals surface area (Å²) in [5.74, 6) is 1.52. The van der Waals surface area contributed by atoms with Crippen molar-refractivity contribution in [1.29, 1.82) is 0 Å². The van der Waals surface area contributed by atoms with Crippen molar-refractivity contribution in [3.63, 3.8) is 0 Å². The summed E-state index contributed by atoms with van der Waals surface area (Å²) in [7, 11) is 2.24. The first-order valence-electron chi connectivity index (χ1n) is 8.24. The molecule has 1 saturated carbocycles. The Kier molecular flexibility index (Phi) is 3.87. The lowest BCUT2D eigenvalue weighted by Gasteiger charge is -2.41. The number of anilines is 1. The lowest BCUT2D eigenvalue weighted by molar-refractivity contribution is 0.122. The molecule has 3 rings (SSSR count). The first-order valence-corrected chi connectivity index (χ1v) is 8.24. The van der Waals surface area contributed by atoms with E-state index < -0.39 is 0 Å². The van der Waals surface area contributed by atoms with Gasteiger partial charge in [0.1, 0.15) is 5.75 Å². The number of piperidine rings is 1. The number of nitrogens with zero attached hydrogens (tertiary/aromatic N) is 1. The minimum atomic E-state index is 0.401. The third-order valence-electron chi connectivity index (χ3n) is 5.30. The molecule has 1 aliphatic carbocycles. The van der Waals surface area contributed by atoms with Crippen LogP contribution in [-0.4, -0.2) is 30.1 Å². The number of likely N-dealkylation sites (tertiary alicyclic amines) is 1. The minimum absolute atomic E-state index is 0.401. The SMILES string of the molecule is Cc1cc(N)c(OC2CC2)cc1C1CC(C)N(C)C(C)C1. The fourth-order valence-corrected chi connectivity index (χ4v) is 3.57. The van der Waals surface area contributed by atoms with E-state index in [2.05, 4.69) is 44.9 Å². The zero-order chi connectivity index (χ0) is 15.1. The Labute approximate surface area is 128 Å². The van der Waals surface area contributed by atoms with E-state index in [1.807, 2.05) is 0 Å². The van der Waals surface area contributed by atoms with Crippen molar-refractivity contribution in [2.24, 2.45) is 0 Å². The van der Waals surface area contributed by atoms with Gasteiger partial charge in [-0.05, 0) is 82.7 Å². The summed E-state index contributed by atoms with van der Waals surface area (Å²) in [5, 5.41) is 0. The van der Waals surface area contributed by atoms with Crippen molar-refractivity contribution < 1.29 is 4.74 Å². The quantitative estimate of drug-likeness (QED) is 0.862. The molecule has 2 fully saturated rings. The molecular formula is C18H28N2O. The number of aryl methyl sites for hydroxylation is 1. The Morgan fingerprint density at radius 3 is 2.33 bits per heavy atom. The van der Waals surface area contributed by atoms with E-state index in [4.69, 9.17) is 10.5 Å². The van der Waals surface area contributed by atoms with Crippen molar-refractivity contribution in [2.75, 3.05) is 12.8 Å². The fraction of sp³-hybridized carbons (Fsp3) is 0.667. The van der Waals surface area contributed by atoms with Crippen LogP contribution in [-0.2, 0) is 0 Å². The molecule has 2 N–H and O–H groups in total. The Balaban J connectivity index is 1.86. The number of benzene rings is 1. The largest absolute Gasteiger partial charge is 0.488 e. The third-order valence-corrected chi connectivity index (χ3v) is 5.30. The van der Waals surface area contributed by atoms with Gasteiger partial charge in [0.2, 0.25) is 0 Å². The highest BCUT2D eigenvalue weighted by Crippen LogP contribution is 2.40. The number of hydrogen-bond acceptors (Lipinski definition) is 3. The average molecular weight is 288 g/mol. The molecular weight excluding hydrogens is 260 g/mol. The predicted octanol–water partition coefficient (Wildman–Crippen LogP) is 3.70. The molecule has 21 heavy (non-hydrogen) atoms. The molecule has 0 aromatic heterocycles. The molecule has 1 aromatic carbocycles. The summed E-state index contributed by atoms with van der Waals surface area (Å²) in [6, 6.07) is 5.58. The summed E-state index contributed by atoms with van der Waals surface area (Å²) in [6.07, 6.45) is 5.18. The fourth-order valence-electron chi connectivity index (χ4n) is 3.57. The molecule has 0 radical (unpaired) electrons. The lowest BCUT2D eigenvalue weighted by Crippen LogP contribution is -2.43. The van der Waals surface area contributed by atoms with Crippen molar-refractivity contribution in [1.82, 2.24) is 4.90 Å². The Hall–Kier alpha value is -1.22. The summed E-state index contributed by atoms with van der Waals surface area (Å²) >= 11 is 0. The molecule has 2 aliphatic rings. The van der Waals surface area contributed by atoms with E-state index in [1.54, 1.807) is 0 Å². The van der Waals surface area contributed by atoms with E-state index in [-0.39, 0.29) is 0 Å². The van der Waals surface area contributed by atoms with E-state index in [0.29, 0.717) is 24.1 Å². The zero-order valence-electron chi connectivity index (χ0n) is 13.7. The molecule has 3 nitrogen and oxygen atoms in total. The van der Waals surface area contributed by atoms with E-state index in [0.717, 1.165) is 11.4 Å². The number of nitrogen functional groups attached to an aromatic ring is 1. The van der Waals surface area contributed by atoms with Crippen molar-refractivity contribution in [3.8, 4) is 5.75 Å². The Morgan fingerprint density at radius 2 is 1.76 bits per heavy atom. The van der Waals surface area contributed by atoms with Gasteiger partial charge in [-0.2, -0.15) is 0 Å². The zero-order valence-corrected chi connectivity index (χ0v) is 13.7. The molecule has 0 spiro atoms. The van der Waals surface area contributed by atoms with Crippen LogP contribution in [0.3, 0.4) is 0 Å². The van der Waals surface area contributed by atoms with Gasteiger partial charge in [0.15, 0.2) is 0 Å². The molecule has 1 saturated heterocycles. The molecule has 2 unspecified atom stereocenters.